The van der Waals surface area contributed by atoms with E-state index < -0.39 is 6.10 Å². The first-order valence-electron chi connectivity index (χ1n) is 7.51. The molecule has 23 heavy (non-hydrogen) atoms. The predicted octanol–water partition coefficient (Wildman–Crippen LogP) is 3.30. The van der Waals surface area contributed by atoms with Gasteiger partial charge >= 0.3 is 0 Å². The second-order valence-electron chi connectivity index (χ2n) is 5.34. The first-order chi connectivity index (χ1) is 11.2. The fraction of sp³-hybridized carbons (Fsp3) is 0.105. The standard InChI is InChI=1S/C19H19N3O/c20-19(22-17-8-2-1-3-9-17)21-13-18(23)16-11-10-14-6-4-5-7-15(14)12-16/h1-12,18,23H,13H2,(H3,20,21,22). The van der Waals surface area contributed by atoms with Gasteiger partial charge in [0.25, 0.3) is 0 Å². The van der Waals surface area contributed by atoms with Gasteiger partial charge in [-0.25, -0.2) is 0 Å². The summed E-state index contributed by atoms with van der Waals surface area (Å²) < 4.78 is 0. The number of fused-ring (bicyclic) bond motifs is 1. The van der Waals surface area contributed by atoms with E-state index in [2.05, 4.69) is 10.3 Å². The average Bonchev–Trinajstić information content (AvgIpc) is 2.60. The van der Waals surface area contributed by atoms with Gasteiger partial charge in [0, 0.05) is 5.69 Å². The molecule has 3 rings (SSSR count). The van der Waals surface area contributed by atoms with Gasteiger partial charge in [-0.05, 0) is 34.5 Å². The largest absolute Gasteiger partial charge is 0.386 e. The van der Waals surface area contributed by atoms with Gasteiger partial charge < -0.3 is 16.2 Å². The summed E-state index contributed by atoms with van der Waals surface area (Å²) in [6, 6.07) is 23.5. The molecule has 1 atom stereocenters. The monoisotopic (exact) mass is 305 g/mol. The number of aliphatic hydroxyl groups excluding tert-OH is 1. The van der Waals surface area contributed by atoms with Crippen LogP contribution in [0.3, 0.4) is 0 Å². The van der Waals surface area contributed by atoms with Crippen LogP contribution in [0.15, 0.2) is 77.8 Å². The van der Waals surface area contributed by atoms with Crippen molar-refractivity contribution in [2.24, 2.45) is 10.7 Å². The Morgan fingerprint density at radius 3 is 2.43 bits per heavy atom. The van der Waals surface area contributed by atoms with Gasteiger partial charge in [0.2, 0.25) is 0 Å². The summed E-state index contributed by atoms with van der Waals surface area (Å²) in [5.74, 6) is 0.288. The topological polar surface area (TPSA) is 70.6 Å². The van der Waals surface area contributed by atoms with Gasteiger partial charge in [-0.1, -0.05) is 54.6 Å². The molecule has 0 heterocycles. The number of aliphatic hydroxyl groups is 1. The third-order valence-corrected chi connectivity index (χ3v) is 3.64. The van der Waals surface area contributed by atoms with E-state index in [-0.39, 0.29) is 12.5 Å². The molecule has 0 saturated carbocycles. The van der Waals surface area contributed by atoms with Gasteiger partial charge in [-0.15, -0.1) is 0 Å². The quantitative estimate of drug-likeness (QED) is 0.511. The van der Waals surface area contributed by atoms with Crippen LogP contribution in [0.5, 0.6) is 0 Å². The molecular formula is C19H19N3O. The molecule has 3 aromatic rings. The van der Waals surface area contributed by atoms with Crippen molar-refractivity contribution in [3.63, 3.8) is 0 Å². The van der Waals surface area contributed by atoms with Crippen molar-refractivity contribution in [2.75, 3.05) is 11.9 Å². The molecule has 1 unspecified atom stereocenters. The summed E-state index contributed by atoms with van der Waals surface area (Å²) in [5, 5.41) is 15.6. The minimum atomic E-state index is -0.685. The van der Waals surface area contributed by atoms with Crippen molar-refractivity contribution in [3.8, 4) is 0 Å². The number of benzene rings is 3. The molecule has 0 bridgehead atoms. The van der Waals surface area contributed by atoms with Crippen molar-refractivity contribution >= 4 is 22.4 Å². The third kappa shape index (κ3) is 3.87. The lowest BCUT2D eigenvalue weighted by molar-refractivity contribution is 0.187. The number of rotatable bonds is 4. The smallest absolute Gasteiger partial charge is 0.193 e. The minimum absolute atomic E-state index is 0.212. The number of hydrogen-bond acceptors (Lipinski definition) is 2. The number of para-hydroxylation sites is 1. The fourth-order valence-electron chi connectivity index (χ4n) is 2.41. The predicted molar refractivity (Wildman–Crippen MR) is 95.5 cm³/mol. The summed E-state index contributed by atoms with van der Waals surface area (Å²) in [4.78, 5) is 4.21. The molecular weight excluding hydrogens is 286 g/mol. The molecule has 0 fully saturated rings. The van der Waals surface area contributed by atoms with E-state index in [1.165, 1.54) is 0 Å². The zero-order chi connectivity index (χ0) is 16.1. The van der Waals surface area contributed by atoms with E-state index in [9.17, 15) is 5.11 Å². The van der Waals surface area contributed by atoms with Gasteiger partial charge in [0.1, 0.15) is 0 Å². The second-order valence-corrected chi connectivity index (χ2v) is 5.34. The Bertz CT molecular complexity index is 815. The average molecular weight is 305 g/mol. The highest BCUT2D eigenvalue weighted by Crippen LogP contribution is 2.20. The fourth-order valence-corrected chi connectivity index (χ4v) is 2.41. The molecule has 0 aromatic heterocycles. The van der Waals surface area contributed by atoms with Crippen LogP contribution in [-0.4, -0.2) is 17.6 Å². The van der Waals surface area contributed by atoms with E-state index in [1.807, 2.05) is 72.8 Å². The molecule has 4 heteroatoms. The van der Waals surface area contributed by atoms with Crippen molar-refractivity contribution in [3.05, 3.63) is 78.4 Å². The van der Waals surface area contributed by atoms with Crippen LogP contribution in [0.2, 0.25) is 0 Å². The Balaban J connectivity index is 1.67. The number of nitrogens with two attached hydrogens (primary N) is 1. The number of nitrogens with one attached hydrogen (secondary N) is 1. The number of anilines is 1. The van der Waals surface area contributed by atoms with E-state index in [1.54, 1.807) is 0 Å². The highest BCUT2D eigenvalue weighted by Gasteiger charge is 2.07. The van der Waals surface area contributed by atoms with Gasteiger partial charge in [0.05, 0.1) is 12.6 Å². The van der Waals surface area contributed by atoms with Gasteiger partial charge in [-0.3, -0.25) is 4.99 Å². The van der Waals surface area contributed by atoms with Crippen molar-refractivity contribution in [1.29, 1.82) is 0 Å². The first kappa shape index (κ1) is 15.1. The van der Waals surface area contributed by atoms with Crippen molar-refractivity contribution in [1.82, 2.24) is 0 Å². The molecule has 4 N–H and O–H groups in total. The molecule has 0 spiro atoms. The number of nitrogens with zero attached hydrogens (tertiary/aromatic N) is 1. The summed E-state index contributed by atoms with van der Waals surface area (Å²) in [6.45, 7) is 0.212. The second kappa shape index (κ2) is 6.94. The van der Waals surface area contributed by atoms with Gasteiger partial charge in [0.15, 0.2) is 5.96 Å². The van der Waals surface area contributed by atoms with Crippen LogP contribution in [0.1, 0.15) is 11.7 Å². The maximum absolute atomic E-state index is 10.3. The van der Waals surface area contributed by atoms with Crippen molar-refractivity contribution < 1.29 is 5.11 Å². The minimum Gasteiger partial charge on any atom is -0.386 e. The Hall–Kier alpha value is -2.85. The van der Waals surface area contributed by atoms with E-state index >= 15 is 0 Å². The van der Waals surface area contributed by atoms with Crippen LogP contribution in [0.25, 0.3) is 10.8 Å². The summed E-state index contributed by atoms with van der Waals surface area (Å²) in [5.41, 5.74) is 7.55. The molecule has 116 valence electrons. The zero-order valence-electron chi connectivity index (χ0n) is 12.7. The molecule has 0 radical (unpaired) electrons. The Morgan fingerprint density at radius 2 is 1.65 bits per heavy atom. The Labute approximate surface area is 135 Å². The van der Waals surface area contributed by atoms with Crippen LogP contribution in [0, 0.1) is 0 Å². The molecule has 0 saturated heterocycles. The lowest BCUT2D eigenvalue weighted by atomic mass is 10.0. The number of aliphatic imine (C=N–C) groups is 1. The van der Waals surface area contributed by atoms with Crippen LogP contribution in [0.4, 0.5) is 5.69 Å². The highest BCUT2D eigenvalue weighted by molar-refractivity contribution is 5.92. The van der Waals surface area contributed by atoms with Gasteiger partial charge in [-0.2, -0.15) is 0 Å². The molecule has 0 aliphatic heterocycles. The van der Waals surface area contributed by atoms with E-state index in [4.69, 9.17) is 5.73 Å². The molecule has 3 aromatic carbocycles. The lowest BCUT2D eigenvalue weighted by Gasteiger charge is -2.11. The molecule has 0 aliphatic carbocycles. The maximum Gasteiger partial charge on any atom is 0.193 e. The third-order valence-electron chi connectivity index (χ3n) is 3.64. The van der Waals surface area contributed by atoms with Crippen molar-refractivity contribution in [2.45, 2.75) is 6.10 Å². The Kier molecular flexibility index (Phi) is 4.54. The van der Waals surface area contributed by atoms with E-state index in [0.29, 0.717) is 0 Å². The lowest BCUT2D eigenvalue weighted by Crippen LogP contribution is -2.23. The van der Waals surface area contributed by atoms with Crippen LogP contribution >= 0.6 is 0 Å². The van der Waals surface area contributed by atoms with E-state index in [0.717, 1.165) is 22.0 Å². The molecule has 0 amide bonds. The summed E-state index contributed by atoms with van der Waals surface area (Å²) >= 11 is 0. The SMILES string of the molecule is NC(=NCC(O)c1ccc2ccccc2c1)Nc1ccccc1. The molecule has 0 aliphatic rings. The number of guanidine groups is 1. The highest BCUT2D eigenvalue weighted by atomic mass is 16.3. The summed E-state index contributed by atoms with van der Waals surface area (Å²) in [6.07, 6.45) is -0.685. The maximum atomic E-state index is 10.3. The first-order valence-corrected chi connectivity index (χ1v) is 7.51. The molecule has 4 nitrogen and oxygen atoms in total. The zero-order valence-corrected chi connectivity index (χ0v) is 12.7. The summed E-state index contributed by atoms with van der Waals surface area (Å²) in [7, 11) is 0. The number of hydrogen-bond donors (Lipinski definition) is 3. The van der Waals surface area contributed by atoms with Crippen LogP contribution < -0.4 is 11.1 Å². The Morgan fingerprint density at radius 1 is 0.957 bits per heavy atom. The normalized spacial score (nSPS) is 13.0. The van der Waals surface area contributed by atoms with Crippen LogP contribution in [-0.2, 0) is 0 Å².